The lowest BCUT2D eigenvalue weighted by Crippen LogP contribution is -2.01. The van der Waals surface area contributed by atoms with Crippen LogP contribution in [0.25, 0.3) is 0 Å². The molecule has 15 heavy (non-hydrogen) atoms. The Kier molecular flexibility index (Phi) is 3.17. The van der Waals surface area contributed by atoms with E-state index in [9.17, 15) is 4.79 Å². The van der Waals surface area contributed by atoms with E-state index in [1.54, 1.807) is 12.3 Å². The van der Waals surface area contributed by atoms with E-state index in [-0.39, 0.29) is 10.7 Å². The highest BCUT2D eigenvalue weighted by molar-refractivity contribution is 7.99. The Bertz CT molecular complexity index is 391. The molecular weight excluding hydrogens is 234 g/mol. The number of nitrogens with zero attached hydrogens (tertiary/aromatic N) is 1. The first-order chi connectivity index (χ1) is 7.18. The van der Waals surface area contributed by atoms with Gasteiger partial charge in [-0.3, -0.25) is 0 Å². The molecule has 1 N–H and O–H groups in total. The summed E-state index contributed by atoms with van der Waals surface area (Å²) in [6.07, 6.45) is 3.95. The molecule has 1 aliphatic rings. The van der Waals surface area contributed by atoms with Gasteiger partial charge in [0.15, 0.2) is 0 Å². The van der Waals surface area contributed by atoms with E-state index >= 15 is 0 Å². The molecule has 1 aromatic rings. The molecule has 0 amide bonds. The van der Waals surface area contributed by atoms with Gasteiger partial charge in [0.05, 0.1) is 5.56 Å². The molecule has 2 heterocycles. The van der Waals surface area contributed by atoms with Crippen molar-refractivity contribution in [2.75, 3.05) is 5.75 Å². The van der Waals surface area contributed by atoms with Crippen LogP contribution in [0.2, 0.25) is 5.15 Å². The van der Waals surface area contributed by atoms with Crippen molar-refractivity contribution in [2.45, 2.75) is 18.1 Å². The minimum Gasteiger partial charge on any atom is -0.478 e. The van der Waals surface area contributed by atoms with Crippen molar-refractivity contribution in [3.05, 3.63) is 28.5 Å². The van der Waals surface area contributed by atoms with Crippen LogP contribution in [0.3, 0.4) is 0 Å². The molecule has 3 nitrogen and oxygen atoms in total. The van der Waals surface area contributed by atoms with Crippen molar-refractivity contribution in [1.29, 1.82) is 0 Å². The normalized spacial score (nSPS) is 20.5. The van der Waals surface area contributed by atoms with Gasteiger partial charge in [0.2, 0.25) is 0 Å². The number of hydrogen-bond donors (Lipinski definition) is 1. The molecular formula is C10H10ClNO2S. The first-order valence-electron chi connectivity index (χ1n) is 4.69. The lowest BCUT2D eigenvalue weighted by Gasteiger charge is -2.09. The summed E-state index contributed by atoms with van der Waals surface area (Å²) >= 11 is 7.54. The Morgan fingerprint density at radius 1 is 1.67 bits per heavy atom. The first-order valence-corrected chi connectivity index (χ1v) is 6.11. The summed E-state index contributed by atoms with van der Waals surface area (Å²) in [5, 5.41) is 9.35. The lowest BCUT2D eigenvalue weighted by molar-refractivity contribution is 0.0696. The third-order valence-electron chi connectivity index (χ3n) is 2.39. The fourth-order valence-corrected chi connectivity index (χ4v) is 3.09. The number of carbonyl (C=O) groups is 1. The number of aromatic nitrogens is 1. The van der Waals surface area contributed by atoms with E-state index in [0.717, 1.165) is 17.7 Å². The molecule has 0 radical (unpaired) electrons. The van der Waals surface area contributed by atoms with E-state index in [2.05, 4.69) is 4.98 Å². The molecule has 0 aliphatic carbocycles. The maximum absolute atomic E-state index is 10.9. The minimum absolute atomic E-state index is 0.0641. The zero-order valence-corrected chi connectivity index (χ0v) is 9.51. The number of halogens is 1. The molecule has 1 unspecified atom stereocenters. The van der Waals surface area contributed by atoms with E-state index in [4.69, 9.17) is 16.7 Å². The predicted molar refractivity (Wildman–Crippen MR) is 60.6 cm³/mol. The predicted octanol–water partition coefficient (Wildman–Crippen LogP) is 3.00. The van der Waals surface area contributed by atoms with Gasteiger partial charge in [0.25, 0.3) is 0 Å². The summed E-state index contributed by atoms with van der Waals surface area (Å²) in [5.41, 5.74) is 1.07. The van der Waals surface area contributed by atoms with Crippen molar-refractivity contribution >= 4 is 29.3 Å². The molecule has 1 fully saturated rings. The van der Waals surface area contributed by atoms with Crippen LogP contribution in [0.15, 0.2) is 12.3 Å². The van der Waals surface area contributed by atoms with Crippen molar-refractivity contribution in [1.82, 2.24) is 4.98 Å². The second kappa shape index (κ2) is 4.41. The second-order valence-corrected chi connectivity index (χ2v) is 5.08. The Morgan fingerprint density at radius 3 is 3.07 bits per heavy atom. The summed E-state index contributed by atoms with van der Waals surface area (Å²) in [4.78, 5) is 14.8. The molecule has 5 heteroatoms. The van der Waals surface area contributed by atoms with E-state index in [1.165, 1.54) is 6.42 Å². The number of pyridine rings is 1. The van der Waals surface area contributed by atoms with Crippen LogP contribution < -0.4 is 0 Å². The van der Waals surface area contributed by atoms with Crippen molar-refractivity contribution in [3.63, 3.8) is 0 Å². The fourth-order valence-electron chi connectivity index (χ4n) is 1.63. The Labute approximate surface area is 96.9 Å². The average molecular weight is 244 g/mol. The Morgan fingerprint density at radius 2 is 2.47 bits per heavy atom. The summed E-state index contributed by atoms with van der Waals surface area (Å²) in [7, 11) is 0. The van der Waals surface area contributed by atoms with Crippen LogP contribution in [0.4, 0.5) is 0 Å². The Hall–Kier alpha value is -0.740. The maximum Gasteiger partial charge on any atom is 0.338 e. The number of rotatable bonds is 2. The molecule has 0 aromatic carbocycles. The highest BCUT2D eigenvalue weighted by Crippen LogP contribution is 2.40. The molecule has 0 saturated carbocycles. The fraction of sp³-hybridized carbons (Fsp3) is 0.400. The molecule has 1 aliphatic heterocycles. The van der Waals surface area contributed by atoms with Crippen LogP contribution in [-0.4, -0.2) is 21.8 Å². The quantitative estimate of drug-likeness (QED) is 0.812. The van der Waals surface area contributed by atoms with Crippen molar-refractivity contribution < 1.29 is 9.90 Å². The molecule has 2 rings (SSSR count). The highest BCUT2D eigenvalue weighted by atomic mass is 35.5. The summed E-state index contributed by atoms with van der Waals surface area (Å²) < 4.78 is 0. The van der Waals surface area contributed by atoms with Gasteiger partial charge in [-0.1, -0.05) is 11.6 Å². The van der Waals surface area contributed by atoms with Gasteiger partial charge in [-0.15, -0.1) is 0 Å². The van der Waals surface area contributed by atoms with Gasteiger partial charge in [0.1, 0.15) is 5.15 Å². The van der Waals surface area contributed by atoms with Crippen molar-refractivity contribution in [3.8, 4) is 0 Å². The number of thioether (sulfide) groups is 1. The van der Waals surface area contributed by atoms with Gasteiger partial charge < -0.3 is 5.11 Å². The molecule has 0 bridgehead atoms. The van der Waals surface area contributed by atoms with Crippen LogP contribution in [0.1, 0.15) is 34.0 Å². The number of carboxylic acids is 1. The number of aromatic carboxylic acids is 1. The second-order valence-electron chi connectivity index (χ2n) is 3.41. The number of carboxylic acid groups (broad SMARTS) is 1. The average Bonchev–Trinajstić information content (AvgIpc) is 2.71. The van der Waals surface area contributed by atoms with Gasteiger partial charge in [-0.25, -0.2) is 9.78 Å². The summed E-state index contributed by atoms with van der Waals surface area (Å²) in [6, 6.07) is 1.64. The molecule has 80 valence electrons. The highest BCUT2D eigenvalue weighted by Gasteiger charge is 2.20. The van der Waals surface area contributed by atoms with Gasteiger partial charge in [0, 0.05) is 11.4 Å². The van der Waals surface area contributed by atoms with Crippen LogP contribution in [0, 0.1) is 0 Å². The molecule has 1 aromatic heterocycles. The lowest BCUT2D eigenvalue weighted by atomic mass is 10.1. The summed E-state index contributed by atoms with van der Waals surface area (Å²) in [5.74, 6) is 0.118. The largest absolute Gasteiger partial charge is 0.478 e. The minimum atomic E-state index is -1.02. The number of hydrogen-bond acceptors (Lipinski definition) is 3. The van der Waals surface area contributed by atoms with E-state index in [0.29, 0.717) is 5.25 Å². The van der Waals surface area contributed by atoms with Crippen LogP contribution in [0.5, 0.6) is 0 Å². The van der Waals surface area contributed by atoms with Gasteiger partial charge >= 0.3 is 5.97 Å². The topological polar surface area (TPSA) is 50.2 Å². The summed E-state index contributed by atoms with van der Waals surface area (Å²) in [6.45, 7) is 0. The zero-order chi connectivity index (χ0) is 10.8. The standard InChI is InChI=1S/C10H10ClNO2S/c11-9-7(10(13)14)4-6(5-12-9)8-2-1-3-15-8/h4-5,8H,1-3H2,(H,13,14). The maximum atomic E-state index is 10.9. The monoisotopic (exact) mass is 243 g/mol. The SMILES string of the molecule is O=C(O)c1cc(C2CCCS2)cnc1Cl. The van der Waals surface area contributed by atoms with Crippen molar-refractivity contribution in [2.24, 2.45) is 0 Å². The third-order valence-corrected chi connectivity index (χ3v) is 4.13. The molecule has 0 spiro atoms. The smallest absolute Gasteiger partial charge is 0.338 e. The zero-order valence-electron chi connectivity index (χ0n) is 7.94. The van der Waals surface area contributed by atoms with Crippen LogP contribution in [-0.2, 0) is 0 Å². The Balaban J connectivity index is 2.33. The third kappa shape index (κ3) is 2.26. The van der Waals surface area contributed by atoms with Crippen LogP contribution >= 0.6 is 23.4 Å². The van der Waals surface area contributed by atoms with E-state index in [1.807, 2.05) is 11.8 Å². The van der Waals surface area contributed by atoms with Gasteiger partial charge in [-0.05, 0) is 30.2 Å². The first kappa shape index (κ1) is 10.8. The van der Waals surface area contributed by atoms with E-state index < -0.39 is 5.97 Å². The van der Waals surface area contributed by atoms with Gasteiger partial charge in [-0.2, -0.15) is 11.8 Å². The molecule has 1 saturated heterocycles. The molecule has 1 atom stereocenters.